The van der Waals surface area contributed by atoms with E-state index in [1.54, 1.807) is 0 Å². The average molecular weight is 653 g/mol. The van der Waals surface area contributed by atoms with Crippen molar-refractivity contribution in [3.05, 3.63) is 187 Å². The molecule has 0 aliphatic heterocycles. The summed E-state index contributed by atoms with van der Waals surface area (Å²) in [7, 11) is -2.96. The van der Waals surface area contributed by atoms with E-state index in [1.165, 1.54) is 20.7 Å². The number of hydrogen-bond donors (Lipinski definition) is 0. The molecule has 0 radical (unpaired) electrons. The van der Waals surface area contributed by atoms with Crippen LogP contribution in [0, 0.1) is 34.0 Å². The topological polar surface area (TPSA) is 76.3 Å². The van der Waals surface area contributed by atoms with Crippen LogP contribution in [0.15, 0.2) is 170 Å². The van der Waals surface area contributed by atoms with Gasteiger partial charge in [0.2, 0.25) is 0 Å². The first kappa shape index (κ1) is 30.4. The van der Waals surface area contributed by atoms with E-state index in [0.29, 0.717) is 16.7 Å². The van der Waals surface area contributed by atoms with Crippen molar-refractivity contribution in [3.8, 4) is 35.0 Å². The van der Waals surface area contributed by atoms with Gasteiger partial charge in [-0.3, -0.25) is 0 Å². The lowest BCUT2D eigenvalue weighted by Gasteiger charge is -2.36. The number of hydrogen-bond acceptors (Lipinski definition) is 3. The molecule has 1 aromatic heterocycles. The maximum Gasteiger partial charge on any atom is 0.180 e. The summed E-state index contributed by atoms with van der Waals surface area (Å²) < 4.78 is 2.13. The number of rotatable bonds is 6. The molecular formula is C45H28N4Si. The standard InChI is InChI=1S/C45H28N4Si/c46-29-32-23-25-42-40(27-32)41-28-33(30-47)24-26-43(41)49(42)45-34(31-48)13-12-21-39(45)38-20-10-11-22-44(38)50(35-14-4-1-5-15-35,36-16-6-2-7-17-36)37-18-8-3-9-19-37/h1-28H. The molecule has 0 spiro atoms. The SMILES string of the molecule is N#Cc1ccc2c(c1)c1cc(C#N)ccc1n2-c1c(C#N)cccc1-c1ccccc1[Si](c1ccccc1)(c1ccccc1)c1ccccc1. The highest BCUT2D eigenvalue weighted by Gasteiger charge is 2.43. The van der Waals surface area contributed by atoms with Crippen molar-refractivity contribution in [1.29, 1.82) is 15.8 Å². The molecule has 1 heterocycles. The van der Waals surface area contributed by atoms with Gasteiger partial charge in [-0.05, 0) is 68.8 Å². The minimum absolute atomic E-state index is 0.524. The average Bonchev–Trinajstić information content (AvgIpc) is 3.51. The number of para-hydroxylation sites is 1. The Hall–Kier alpha value is -6.97. The Morgan fingerprint density at radius 3 is 1.36 bits per heavy atom. The molecule has 0 saturated heterocycles. The lowest BCUT2D eigenvalue weighted by atomic mass is 9.99. The van der Waals surface area contributed by atoms with E-state index in [1.807, 2.05) is 48.5 Å². The van der Waals surface area contributed by atoms with Crippen molar-refractivity contribution in [2.45, 2.75) is 0 Å². The Labute approximate surface area is 291 Å². The predicted octanol–water partition coefficient (Wildman–Crippen LogP) is 7.44. The van der Waals surface area contributed by atoms with E-state index < -0.39 is 8.07 Å². The number of fused-ring (bicyclic) bond motifs is 3. The molecule has 7 aromatic carbocycles. The van der Waals surface area contributed by atoms with Crippen LogP contribution in [0.4, 0.5) is 0 Å². The van der Waals surface area contributed by atoms with E-state index in [-0.39, 0.29) is 0 Å². The maximum atomic E-state index is 10.7. The largest absolute Gasteiger partial charge is 0.307 e. The van der Waals surface area contributed by atoms with Crippen LogP contribution < -0.4 is 20.7 Å². The lowest BCUT2D eigenvalue weighted by molar-refractivity contribution is 1.17. The summed E-state index contributed by atoms with van der Waals surface area (Å²) >= 11 is 0. The van der Waals surface area contributed by atoms with Crippen molar-refractivity contribution in [2.24, 2.45) is 0 Å². The minimum Gasteiger partial charge on any atom is -0.307 e. The fourth-order valence-corrected chi connectivity index (χ4v) is 12.5. The molecular weight excluding hydrogens is 625 g/mol. The molecule has 0 aliphatic carbocycles. The Kier molecular flexibility index (Phi) is 7.63. The van der Waals surface area contributed by atoms with Gasteiger partial charge in [0.1, 0.15) is 6.07 Å². The van der Waals surface area contributed by atoms with E-state index in [9.17, 15) is 15.8 Å². The summed E-state index contributed by atoms with van der Waals surface area (Å²) in [6.07, 6.45) is 0. The molecule has 8 rings (SSSR count). The van der Waals surface area contributed by atoms with Crippen LogP contribution >= 0.6 is 0 Å². The molecule has 5 heteroatoms. The second-order valence-corrected chi connectivity index (χ2v) is 16.0. The molecule has 0 bridgehead atoms. The zero-order valence-electron chi connectivity index (χ0n) is 27.0. The maximum absolute atomic E-state index is 10.7. The third kappa shape index (κ3) is 4.72. The summed E-state index contributed by atoms with van der Waals surface area (Å²) in [5, 5.41) is 37.0. The van der Waals surface area contributed by atoms with Crippen LogP contribution in [-0.2, 0) is 0 Å². The summed E-state index contributed by atoms with van der Waals surface area (Å²) in [4.78, 5) is 0. The third-order valence-corrected chi connectivity index (χ3v) is 14.5. The number of aromatic nitrogens is 1. The van der Waals surface area contributed by atoms with Crippen LogP contribution in [0.1, 0.15) is 16.7 Å². The first-order chi connectivity index (χ1) is 24.7. The third-order valence-electron chi connectivity index (χ3n) is 9.65. The van der Waals surface area contributed by atoms with Gasteiger partial charge in [0.05, 0.1) is 45.5 Å². The number of benzene rings is 7. The normalized spacial score (nSPS) is 11.1. The molecule has 0 fully saturated rings. The van der Waals surface area contributed by atoms with Gasteiger partial charge in [0.25, 0.3) is 0 Å². The Morgan fingerprint density at radius 1 is 0.420 bits per heavy atom. The van der Waals surface area contributed by atoms with Crippen molar-refractivity contribution in [1.82, 2.24) is 4.57 Å². The smallest absolute Gasteiger partial charge is 0.180 e. The first-order valence-corrected chi connectivity index (χ1v) is 18.4. The summed E-state index contributed by atoms with van der Waals surface area (Å²) in [5.74, 6) is 0. The highest BCUT2D eigenvalue weighted by Crippen LogP contribution is 2.38. The number of nitriles is 3. The molecule has 232 valence electrons. The second-order valence-electron chi connectivity index (χ2n) is 12.2. The van der Waals surface area contributed by atoms with Gasteiger partial charge < -0.3 is 4.57 Å². The highest BCUT2D eigenvalue weighted by atomic mass is 28.3. The van der Waals surface area contributed by atoms with Gasteiger partial charge in [-0.25, -0.2) is 0 Å². The molecule has 0 saturated carbocycles. The minimum atomic E-state index is -2.96. The van der Waals surface area contributed by atoms with Crippen molar-refractivity contribution in [2.75, 3.05) is 0 Å². The molecule has 0 amide bonds. The lowest BCUT2D eigenvalue weighted by Crippen LogP contribution is -2.75. The van der Waals surface area contributed by atoms with Crippen molar-refractivity contribution < 1.29 is 0 Å². The van der Waals surface area contributed by atoms with Gasteiger partial charge in [-0.15, -0.1) is 0 Å². The molecule has 8 aromatic rings. The predicted molar refractivity (Wildman–Crippen MR) is 204 cm³/mol. The second kappa shape index (κ2) is 12.6. The van der Waals surface area contributed by atoms with Gasteiger partial charge in [0, 0.05) is 16.3 Å². The van der Waals surface area contributed by atoms with Gasteiger partial charge >= 0.3 is 0 Å². The monoisotopic (exact) mass is 652 g/mol. The summed E-state index contributed by atoms with van der Waals surface area (Å²) in [5.41, 5.74) is 6.02. The van der Waals surface area contributed by atoms with Crippen LogP contribution in [0.5, 0.6) is 0 Å². The number of nitrogens with zero attached hydrogens (tertiary/aromatic N) is 4. The van der Waals surface area contributed by atoms with Crippen LogP contribution in [0.3, 0.4) is 0 Å². The van der Waals surface area contributed by atoms with Crippen LogP contribution in [-0.4, -0.2) is 12.6 Å². The quantitative estimate of drug-likeness (QED) is 0.138. The Morgan fingerprint density at radius 2 is 0.880 bits per heavy atom. The first-order valence-electron chi connectivity index (χ1n) is 16.4. The fourth-order valence-electron chi connectivity index (χ4n) is 7.57. The summed E-state index contributed by atoms with van der Waals surface area (Å²) in [6.45, 7) is 0. The van der Waals surface area contributed by atoms with Gasteiger partial charge in [-0.1, -0.05) is 127 Å². The molecule has 4 nitrogen and oxygen atoms in total. The van der Waals surface area contributed by atoms with E-state index in [4.69, 9.17) is 0 Å². The molecule has 0 N–H and O–H groups in total. The van der Waals surface area contributed by atoms with Crippen LogP contribution in [0.2, 0.25) is 0 Å². The van der Waals surface area contributed by atoms with Crippen molar-refractivity contribution >= 4 is 50.6 Å². The van der Waals surface area contributed by atoms with E-state index >= 15 is 0 Å². The zero-order chi connectivity index (χ0) is 34.1. The van der Waals surface area contributed by atoms with Gasteiger partial charge in [-0.2, -0.15) is 15.8 Å². The molecule has 0 atom stereocenters. The van der Waals surface area contributed by atoms with Gasteiger partial charge in [0.15, 0.2) is 8.07 Å². The van der Waals surface area contributed by atoms with Crippen molar-refractivity contribution in [3.63, 3.8) is 0 Å². The zero-order valence-corrected chi connectivity index (χ0v) is 28.0. The summed E-state index contributed by atoms with van der Waals surface area (Å²) in [6, 6.07) is 65.3. The van der Waals surface area contributed by atoms with E-state index in [0.717, 1.165) is 38.6 Å². The fraction of sp³-hybridized carbons (Fsp3) is 0. The van der Waals surface area contributed by atoms with E-state index in [2.05, 4.69) is 144 Å². The molecule has 0 unspecified atom stereocenters. The Balaban J connectivity index is 1.53. The Bertz CT molecular complexity index is 2510. The highest BCUT2D eigenvalue weighted by molar-refractivity contribution is 7.20. The molecule has 50 heavy (non-hydrogen) atoms. The van der Waals surface area contributed by atoms with Crippen LogP contribution in [0.25, 0.3) is 38.6 Å². The molecule has 0 aliphatic rings.